The number of benzene rings is 2. The van der Waals surface area contributed by atoms with Gasteiger partial charge in [-0.05, 0) is 61.7 Å². The van der Waals surface area contributed by atoms with E-state index in [0.717, 1.165) is 31.6 Å². The number of carbonyl (C=O) groups is 2. The van der Waals surface area contributed by atoms with E-state index in [-0.39, 0.29) is 17.1 Å². The average molecular weight is 572 g/mol. The van der Waals surface area contributed by atoms with E-state index < -0.39 is 18.5 Å². The van der Waals surface area contributed by atoms with Crippen molar-refractivity contribution in [2.45, 2.75) is 57.1 Å². The summed E-state index contributed by atoms with van der Waals surface area (Å²) in [7, 11) is 0. The third-order valence-electron chi connectivity index (χ3n) is 6.45. The molecule has 2 aromatic carbocycles. The van der Waals surface area contributed by atoms with Crippen molar-refractivity contribution in [3.05, 3.63) is 64.7 Å². The Morgan fingerprint density at radius 1 is 1.00 bits per heavy atom. The van der Waals surface area contributed by atoms with Crippen molar-refractivity contribution >= 4 is 11.9 Å². The van der Waals surface area contributed by atoms with Crippen LogP contribution in [0, 0.1) is 11.8 Å². The molecule has 1 aliphatic carbocycles. The standard InChI is InChI=1S/C26H26F3NO3.C2HF3O2/c1-2-32-24(31)4-3-15-30-17-21-10-7-20(16-23(21)25(18-30)13-14-25)6-5-19-8-11-22(12-9-19)33-26(27,28)29;3-2(4,5)1(6)7/h7-12,16H,2-4,13-15,17-18H2,1H3;(H,6,7). The molecule has 4 rings (SSSR count). The summed E-state index contributed by atoms with van der Waals surface area (Å²) >= 11 is 0. The van der Waals surface area contributed by atoms with Gasteiger partial charge in [0.2, 0.25) is 0 Å². The largest absolute Gasteiger partial charge is 0.573 e. The molecule has 0 aromatic heterocycles. The first-order valence-corrected chi connectivity index (χ1v) is 12.5. The van der Waals surface area contributed by atoms with Gasteiger partial charge < -0.3 is 24.3 Å². The zero-order valence-electron chi connectivity index (χ0n) is 21.5. The van der Waals surface area contributed by atoms with Crippen LogP contribution in [0.4, 0.5) is 26.3 Å². The molecule has 0 amide bonds. The molecule has 0 saturated heterocycles. The number of quaternary nitrogens is 1. The summed E-state index contributed by atoms with van der Waals surface area (Å²) in [6, 6.07) is 11.9. The minimum atomic E-state index is -5.19. The Balaban J connectivity index is 0.000000559. The smallest absolute Gasteiger partial charge is 0.542 e. The second-order valence-corrected chi connectivity index (χ2v) is 9.52. The Hall–Kier alpha value is -3.72. The monoisotopic (exact) mass is 571 g/mol. The molecule has 1 spiro atoms. The average Bonchev–Trinajstić information content (AvgIpc) is 3.62. The fourth-order valence-electron chi connectivity index (χ4n) is 4.58. The molecule has 2 aromatic rings. The molecule has 12 heteroatoms. The Bertz CT molecular complexity index is 1260. The van der Waals surface area contributed by atoms with Gasteiger partial charge in [0, 0.05) is 28.5 Å². The molecule has 216 valence electrons. The van der Waals surface area contributed by atoms with E-state index in [1.165, 1.54) is 53.1 Å². The fourth-order valence-corrected chi connectivity index (χ4v) is 4.58. The summed E-state index contributed by atoms with van der Waals surface area (Å²) in [6.07, 6.45) is -6.27. The summed E-state index contributed by atoms with van der Waals surface area (Å²) < 4.78 is 77.3. The highest BCUT2D eigenvalue weighted by Crippen LogP contribution is 2.49. The number of hydrogen-bond donors (Lipinski definition) is 1. The van der Waals surface area contributed by atoms with Crippen LogP contribution in [0.3, 0.4) is 0 Å². The van der Waals surface area contributed by atoms with Gasteiger partial charge in [0.25, 0.3) is 0 Å². The molecule has 1 atom stereocenters. The van der Waals surface area contributed by atoms with Gasteiger partial charge in [0.15, 0.2) is 0 Å². The van der Waals surface area contributed by atoms with Gasteiger partial charge >= 0.3 is 18.5 Å². The highest BCUT2D eigenvalue weighted by Gasteiger charge is 2.51. The van der Waals surface area contributed by atoms with Crippen LogP contribution in [0.5, 0.6) is 5.75 Å². The van der Waals surface area contributed by atoms with Gasteiger partial charge in [-0.15, -0.1) is 13.2 Å². The van der Waals surface area contributed by atoms with Crippen molar-refractivity contribution in [3.8, 4) is 17.6 Å². The number of carboxylic acids is 1. The molecular formula is C28H27F6NO5. The van der Waals surface area contributed by atoms with Crippen molar-refractivity contribution in [1.82, 2.24) is 0 Å². The van der Waals surface area contributed by atoms with Gasteiger partial charge in [-0.2, -0.15) is 13.2 Å². The summed E-state index contributed by atoms with van der Waals surface area (Å²) in [5.74, 6) is 2.78. The third kappa shape index (κ3) is 9.19. The predicted molar refractivity (Wildman–Crippen MR) is 128 cm³/mol. The van der Waals surface area contributed by atoms with Crippen molar-refractivity contribution < 1.29 is 55.4 Å². The lowest BCUT2D eigenvalue weighted by atomic mass is 9.85. The first-order valence-electron chi connectivity index (χ1n) is 12.5. The van der Waals surface area contributed by atoms with E-state index >= 15 is 0 Å². The number of hydrogen-bond acceptors (Lipinski definition) is 5. The molecule has 1 unspecified atom stereocenters. The van der Waals surface area contributed by atoms with Gasteiger partial charge in [-0.25, -0.2) is 0 Å². The number of halogens is 6. The SMILES string of the molecule is CCOC(=O)CCC[NH+]1Cc2ccc(C#Cc3ccc(OC(F)(F)F)cc3)cc2C2(CC2)C1.O=C([O-])C(F)(F)F. The van der Waals surface area contributed by atoms with Gasteiger partial charge in [-0.3, -0.25) is 4.79 Å². The van der Waals surface area contributed by atoms with Crippen LogP contribution >= 0.6 is 0 Å². The maximum absolute atomic E-state index is 12.3. The number of ether oxygens (including phenoxy) is 2. The number of alkyl halides is 6. The van der Waals surface area contributed by atoms with E-state index in [0.29, 0.717) is 18.6 Å². The number of nitrogens with one attached hydrogen (secondary N) is 1. The number of carbonyl (C=O) groups excluding carboxylic acids is 2. The van der Waals surface area contributed by atoms with Gasteiger partial charge in [0.05, 0.1) is 26.1 Å². The van der Waals surface area contributed by atoms with Crippen LogP contribution in [0.1, 0.15) is 54.9 Å². The van der Waals surface area contributed by atoms with Gasteiger partial charge in [-0.1, -0.05) is 17.9 Å². The van der Waals surface area contributed by atoms with Crippen molar-refractivity contribution in [2.75, 3.05) is 19.7 Å². The summed E-state index contributed by atoms with van der Waals surface area (Å²) in [5.41, 5.74) is 4.45. The van der Waals surface area contributed by atoms with Crippen LogP contribution in [-0.2, 0) is 26.3 Å². The molecule has 2 aliphatic rings. The lowest BCUT2D eigenvalue weighted by Gasteiger charge is -2.32. The molecule has 1 heterocycles. The highest BCUT2D eigenvalue weighted by atomic mass is 19.4. The summed E-state index contributed by atoms with van der Waals surface area (Å²) in [6.45, 7) is 5.21. The van der Waals surface area contributed by atoms with E-state index in [1.54, 1.807) is 0 Å². The van der Waals surface area contributed by atoms with E-state index in [1.807, 2.05) is 13.0 Å². The Labute approximate surface area is 226 Å². The molecule has 6 nitrogen and oxygen atoms in total. The maximum Gasteiger partial charge on any atom is 0.573 e. The van der Waals surface area contributed by atoms with Crippen molar-refractivity contribution in [1.29, 1.82) is 0 Å². The van der Waals surface area contributed by atoms with E-state index in [2.05, 4.69) is 28.7 Å². The number of carboxylic acid groups (broad SMARTS) is 1. The van der Waals surface area contributed by atoms with Crippen LogP contribution in [0.2, 0.25) is 0 Å². The third-order valence-corrected chi connectivity index (χ3v) is 6.45. The number of rotatable bonds is 6. The Morgan fingerprint density at radius 2 is 1.60 bits per heavy atom. The summed E-state index contributed by atoms with van der Waals surface area (Å²) in [4.78, 5) is 21.9. The molecule has 1 N–H and O–H groups in total. The highest BCUT2D eigenvalue weighted by molar-refractivity contribution is 5.70. The summed E-state index contributed by atoms with van der Waals surface area (Å²) in [5, 5.41) is 8.78. The molecule has 0 radical (unpaired) electrons. The first-order chi connectivity index (χ1) is 18.7. The second-order valence-electron chi connectivity index (χ2n) is 9.52. The number of fused-ring (bicyclic) bond motifs is 2. The lowest BCUT2D eigenvalue weighted by Crippen LogP contribution is -3.12. The Kier molecular flexibility index (Phi) is 9.73. The predicted octanol–water partition coefficient (Wildman–Crippen LogP) is 3.06. The van der Waals surface area contributed by atoms with Crippen LogP contribution in [0.25, 0.3) is 0 Å². The van der Waals surface area contributed by atoms with Crippen LogP contribution in [-0.4, -0.2) is 44.2 Å². The van der Waals surface area contributed by atoms with E-state index in [4.69, 9.17) is 14.6 Å². The lowest BCUT2D eigenvalue weighted by molar-refractivity contribution is -0.919. The minimum absolute atomic E-state index is 0.124. The molecule has 1 fully saturated rings. The first kappa shape index (κ1) is 30.8. The quantitative estimate of drug-likeness (QED) is 0.328. The number of esters is 1. The molecular weight excluding hydrogens is 544 g/mol. The zero-order valence-corrected chi connectivity index (χ0v) is 21.5. The second kappa shape index (κ2) is 12.6. The minimum Gasteiger partial charge on any atom is -0.542 e. The number of aliphatic carboxylic acids is 1. The van der Waals surface area contributed by atoms with Gasteiger partial charge in [0.1, 0.15) is 18.3 Å². The van der Waals surface area contributed by atoms with E-state index in [9.17, 15) is 31.1 Å². The maximum atomic E-state index is 12.3. The topological polar surface area (TPSA) is 80.1 Å². The molecule has 0 bridgehead atoms. The molecule has 1 aliphatic heterocycles. The molecule has 40 heavy (non-hydrogen) atoms. The van der Waals surface area contributed by atoms with Crippen LogP contribution in [0.15, 0.2) is 42.5 Å². The van der Waals surface area contributed by atoms with Crippen molar-refractivity contribution in [3.63, 3.8) is 0 Å². The van der Waals surface area contributed by atoms with Crippen LogP contribution < -0.4 is 14.7 Å². The fraction of sp³-hybridized carbons (Fsp3) is 0.429. The van der Waals surface area contributed by atoms with Crippen molar-refractivity contribution in [2.24, 2.45) is 0 Å². The zero-order chi connectivity index (χ0) is 29.6. The normalized spacial score (nSPS) is 16.9. The Morgan fingerprint density at radius 3 is 2.15 bits per heavy atom. The molecule has 1 saturated carbocycles.